The van der Waals surface area contributed by atoms with Crippen LogP contribution < -0.4 is 5.32 Å². The summed E-state index contributed by atoms with van der Waals surface area (Å²) in [4.78, 5) is 16.6. The molecule has 0 radical (unpaired) electrons. The van der Waals surface area contributed by atoms with Gasteiger partial charge in [-0.3, -0.25) is 9.78 Å². The van der Waals surface area contributed by atoms with Gasteiger partial charge in [0.15, 0.2) is 0 Å². The van der Waals surface area contributed by atoms with Crippen LogP contribution in [0.5, 0.6) is 0 Å². The van der Waals surface area contributed by atoms with Gasteiger partial charge in [0.25, 0.3) is 5.91 Å². The van der Waals surface area contributed by atoms with Gasteiger partial charge in [0.1, 0.15) is 4.90 Å². The van der Waals surface area contributed by atoms with Crippen molar-refractivity contribution in [3.63, 3.8) is 0 Å². The Labute approximate surface area is 164 Å². The highest BCUT2D eigenvalue weighted by molar-refractivity contribution is 7.89. The molecule has 1 amide bonds. The summed E-state index contributed by atoms with van der Waals surface area (Å²) in [5, 5.41) is 3.00. The second-order valence-electron chi connectivity index (χ2n) is 6.59. The number of nitrogens with zero attached hydrogens (tertiary/aromatic N) is 2. The van der Waals surface area contributed by atoms with Gasteiger partial charge in [-0.2, -0.15) is 4.31 Å². The molecular formula is C19H22ClN3O3S. The first kappa shape index (κ1) is 19.8. The summed E-state index contributed by atoms with van der Waals surface area (Å²) >= 11 is 6.16. The Morgan fingerprint density at radius 1 is 1.15 bits per heavy atom. The zero-order chi connectivity index (χ0) is 19.4. The van der Waals surface area contributed by atoms with Gasteiger partial charge in [-0.15, -0.1) is 0 Å². The molecule has 1 atom stereocenters. The number of aromatic nitrogens is 1. The van der Waals surface area contributed by atoms with Crippen LogP contribution in [0.4, 0.5) is 0 Å². The van der Waals surface area contributed by atoms with Gasteiger partial charge in [0.05, 0.1) is 11.1 Å². The van der Waals surface area contributed by atoms with E-state index in [1.807, 2.05) is 19.1 Å². The van der Waals surface area contributed by atoms with E-state index in [1.165, 1.54) is 22.5 Å². The fourth-order valence-electron chi connectivity index (χ4n) is 3.10. The highest BCUT2D eigenvalue weighted by Crippen LogP contribution is 2.28. The topological polar surface area (TPSA) is 79.4 Å². The maximum Gasteiger partial charge on any atom is 0.251 e. The van der Waals surface area contributed by atoms with Gasteiger partial charge in [-0.05, 0) is 55.7 Å². The molecule has 1 unspecified atom stereocenters. The maximum atomic E-state index is 12.9. The molecule has 1 fully saturated rings. The number of piperidine rings is 1. The number of rotatable bonds is 5. The maximum absolute atomic E-state index is 12.9. The molecule has 3 rings (SSSR count). The summed E-state index contributed by atoms with van der Waals surface area (Å²) < 4.78 is 27.3. The summed E-state index contributed by atoms with van der Waals surface area (Å²) in [6.45, 7) is 2.82. The lowest BCUT2D eigenvalue weighted by Crippen LogP contribution is -2.36. The van der Waals surface area contributed by atoms with Crippen molar-refractivity contribution in [1.29, 1.82) is 0 Å². The first-order valence-electron chi connectivity index (χ1n) is 8.90. The minimum Gasteiger partial charge on any atom is -0.346 e. The monoisotopic (exact) mass is 407 g/mol. The third kappa shape index (κ3) is 4.48. The Kier molecular flexibility index (Phi) is 6.14. The van der Waals surface area contributed by atoms with E-state index in [0.29, 0.717) is 13.1 Å². The molecule has 1 aromatic heterocycles. The van der Waals surface area contributed by atoms with Crippen LogP contribution in [-0.2, 0) is 10.0 Å². The van der Waals surface area contributed by atoms with E-state index in [0.717, 1.165) is 24.8 Å². The van der Waals surface area contributed by atoms with Gasteiger partial charge in [0.2, 0.25) is 10.0 Å². The molecule has 1 N–H and O–H groups in total. The molecule has 0 bridgehead atoms. The van der Waals surface area contributed by atoms with E-state index in [4.69, 9.17) is 11.6 Å². The van der Waals surface area contributed by atoms with Crippen LogP contribution in [0.25, 0.3) is 0 Å². The number of sulfonamides is 1. The molecule has 27 heavy (non-hydrogen) atoms. The van der Waals surface area contributed by atoms with Crippen molar-refractivity contribution in [2.24, 2.45) is 0 Å². The van der Waals surface area contributed by atoms with Crippen LogP contribution in [0.1, 0.15) is 48.1 Å². The fraction of sp³-hybridized carbons (Fsp3) is 0.368. The van der Waals surface area contributed by atoms with Gasteiger partial charge < -0.3 is 5.32 Å². The van der Waals surface area contributed by atoms with E-state index in [9.17, 15) is 13.2 Å². The number of hydrogen-bond donors (Lipinski definition) is 1. The predicted octanol–water partition coefficient (Wildman–Crippen LogP) is 3.40. The van der Waals surface area contributed by atoms with Crippen LogP contribution in [0.15, 0.2) is 47.6 Å². The van der Waals surface area contributed by atoms with Crippen molar-refractivity contribution in [2.45, 2.75) is 37.1 Å². The van der Waals surface area contributed by atoms with E-state index >= 15 is 0 Å². The highest BCUT2D eigenvalue weighted by atomic mass is 35.5. The minimum absolute atomic E-state index is 0.0183. The van der Waals surface area contributed by atoms with Crippen LogP contribution in [0.2, 0.25) is 5.02 Å². The first-order chi connectivity index (χ1) is 12.9. The van der Waals surface area contributed by atoms with Crippen molar-refractivity contribution >= 4 is 27.5 Å². The van der Waals surface area contributed by atoms with Gasteiger partial charge in [-0.1, -0.05) is 18.0 Å². The molecule has 1 aromatic carbocycles. The van der Waals surface area contributed by atoms with Crippen molar-refractivity contribution in [2.75, 3.05) is 13.1 Å². The zero-order valence-electron chi connectivity index (χ0n) is 15.1. The number of benzene rings is 1. The summed E-state index contributed by atoms with van der Waals surface area (Å²) in [6, 6.07) is 7.76. The third-order valence-corrected chi connectivity index (χ3v) is 7.06. The predicted molar refractivity (Wildman–Crippen MR) is 104 cm³/mol. The SMILES string of the molecule is CC(NC(=O)c1ccc(Cl)c(S(=O)(=O)N2CCCCC2)c1)c1ccncc1. The standard InChI is InChI=1S/C19H22ClN3O3S/c1-14(15-7-9-21-10-8-15)22-19(24)16-5-6-17(20)18(13-16)27(25,26)23-11-3-2-4-12-23/h5-10,13-14H,2-4,11-12H2,1H3,(H,22,24). The molecule has 6 nitrogen and oxygen atoms in total. The van der Waals surface area contributed by atoms with Crippen LogP contribution in [-0.4, -0.2) is 36.7 Å². The second-order valence-corrected chi connectivity index (χ2v) is 8.90. The molecule has 8 heteroatoms. The Balaban J connectivity index is 1.83. The normalized spacial score (nSPS) is 16.7. The largest absolute Gasteiger partial charge is 0.346 e. The van der Waals surface area contributed by atoms with Crippen LogP contribution >= 0.6 is 11.6 Å². The van der Waals surface area contributed by atoms with Crippen molar-refractivity contribution in [3.8, 4) is 0 Å². The van der Waals surface area contributed by atoms with Crippen LogP contribution in [0.3, 0.4) is 0 Å². The van der Waals surface area contributed by atoms with Crippen LogP contribution in [0, 0.1) is 0 Å². The Morgan fingerprint density at radius 3 is 2.48 bits per heavy atom. The number of nitrogens with one attached hydrogen (secondary N) is 1. The molecular weight excluding hydrogens is 386 g/mol. The number of amides is 1. The number of carbonyl (C=O) groups is 1. The fourth-order valence-corrected chi connectivity index (χ4v) is 5.12. The number of halogens is 1. The average molecular weight is 408 g/mol. The molecule has 1 saturated heterocycles. The highest BCUT2D eigenvalue weighted by Gasteiger charge is 2.28. The quantitative estimate of drug-likeness (QED) is 0.823. The van der Waals surface area contributed by atoms with Gasteiger partial charge >= 0.3 is 0 Å². The minimum atomic E-state index is -3.72. The van der Waals surface area contributed by atoms with Gasteiger partial charge in [0, 0.05) is 31.0 Å². The molecule has 2 aromatic rings. The zero-order valence-corrected chi connectivity index (χ0v) is 16.6. The van der Waals surface area contributed by atoms with E-state index in [2.05, 4.69) is 10.3 Å². The average Bonchev–Trinajstić information content (AvgIpc) is 2.69. The Bertz CT molecular complexity index is 913. The molecule has 0 spiro atoms. The lowest BCUT2D eigenvalue weighted by molar-refractivity contribution is 0.0939. The smallest absolute Gasteiger partial charge is 0.251 e. The summed E-state index contributed by atoms with van der Waals surface area (Å²) in [5.41, 5.74) is 1.17. The molecule has 0 aliphatic carbocycles. The van der Waals surface area contributed by atoms with E-state index in [1.54, 1.807) is 12.4 Å². The molecule has 1 aliphatic rings. The molecule has 144 valence electrons. The van der Waals surface area contributed by atoms with E-state index < -0.39 is 10.0 Å². The first-order valence-corrected chi connectivity index (χ1v) is 10.7. The van der Waals surface area contributed by atoms with E-state index in [-0.39, 0.29) is 27.4 Å². The Morgan fingerprint density at radius 2 is 1.81 bits per heavy atom. The van der Waals surface area contributed by atoms with Crippen molar-refractivity contribution < 1.29 is 13.2 Å². The molecule has 0 saturated carbocycles. The van der Waals surface area contributed by atoms with Crippen molar-refractivity contribution in [1.82, 2.24) is 14.6 Å². The summed E-state index contributed by atoms with van der Waals surface area (Å²) in [5.74, 6) is -0.355. The number of carbonyl (C=O) groups excluding carboxylic acids is 1. The summed E-state index contributed by atoms with van der Waals surface area (Å²) in [7, 11) is -3.72. The Hall–Kier alpha value is -1.96. The lowest BCUT2D eigenvalue weighted by atomic mass is 10.1. The molecule has 2 heterocycles. The van der Waals surface area contributed by atoms with Gasteiger partial charge in [-0.25, -0.2) is 8.42 Å². The third-order valence-electron chi connectivity index (χ3n) is 4.68. The van der Waals surface area contributed by atoms with Crippen molar-refractivity contribution in [3.05, 3.63) is 58.9 Å². The lowest BCUT2D eigenvalue weighted by Gasteiger charge is -2.26. The summed E-state index contributed by atoms with van der Waals surface area (Å²) in [6.07, 6.45) is 6.00. The number of hydrogen-bond acceptors (Lipinski definition) is 4. The molecule has 1 aliphatic heterocycles. The number of pyridine rings is 1. The second kappa shape index (κ2) is 8.37.